The third-order valence-corrected chi connectivity index (χ3v) is 4.93. The number of benzene rings is 1. The first-order valence-corrected chi connectivity index (χ1v) is 8.05. The quantitative estimate of drug-likeness (QED) is 0.780. The lowest BCUT2D eigenvalue weighted by molar-refractivity contribution is 0.604. The molecule has 0 heterocycles. The summed E-state index contributed by atoms with van der Waals surface area (Å²) in [5, 5.41) is 4.35. The predicted molar refractivity (Wildman–Crippen MR) is 84.5 cm³/mol. The van der Waals surface area contributed by atoms with E-state index in [1.165, 1.54) is 23.1 Å². The van der Waals surface area contributed by atoms with Crippen molar-refractivity contribution in [1.82, 2.24) is 5.32 Å². The first-order valence-electron chi connectivity index (χ1n) is 7.00. The normalized spacial score (nSPS) is 14.5. The molecular formula is C16H27NS. The molecule has 0 aliphatic rings. The van der Waals surface area contributed by atoms with E-state index in [-0.39, 0.29) is 0 Å². The van der Waals surface area contributed by atoms with Crippen LogP contribution in [-0.4, -0.2) is 17.5 Å². The molecule has 0 aromatic heterocycles. The molecule has 1 nitrogen and oxygen atoms in total. The van der Waals surface area contributed by atoms with Crippen molar-refractivity contribution in [2.75, 3.05) is 12.3 Å². The van der Waals surface area contributed by atoms with E-state index in [2.05, 4.69) is 69.9 Å². The zero-order valence-corrected chi connectivity index (χ0v) is 13.2. The smallest absolute Gasteiger partial charge is 0.0411 e. The molecule has 0 saturated heterocycles. The van der Waals surface area contributed by atoms with Gasteiger partial charge in [-0.3, -0.25) is 0 Å². The second kappa shape index (κ2) is 7.85. The average Bonchev–Trinajstić information content (AvgIpc) is 2.37. The van der Waals surface area contributed by atoms with Gasteiger partial charge in [0.2, 0.25) is 0 Å². The maximum atomic E-state index is 3.60. The lowest BCUT2D eigenvalue weighted by Gasteiger charge is -2.20. The molecule has 1 aromatic rings. The van der Waals surface area contributed by atoms with Crippen molar-refractivity contribution in [1.29, 1.82) is 0 Å². The number of thioether (sulfide) groups is 1. The van der Waals surface area contributed by atoms with Gasteiger partial charge in [-0.05, 0) is 43.5 Å². The van der Waals surface area contributed by atoms with E-state index < -0.39 is 0 Å². The van der Waals surface area contributed by atoms with Gasteiger partial charge < -0.3 is 5.32 Å². The molecule has 2 unspecified atom stereocenters. The average molecular weight is 265 g/mol. The van der Waals surface area contributed by atoms with Gasteiger partial charge in [0.25, 0.3) is 0 Å². The molecule has 1 rings (SSSR count). The van der Waals surface area contributed by atoms with Gasteiger partial charge in [-0.15, -0.1) is 0 Å². The van der Waals surface area contributed by atoms with E-state index in [4.69, 9.17) is 0 Å². The first-order chi connectivity index (χ1) is 8.58. The van der Waals surface area contributed by atoms with E-state index in [1.807, 2.05) is 0 Å². The molecular weight excluding hydrogens is 238 g/mol. The molecule has 2 heteroatoms. The van der Waals surface area contributed by atoms with Crippen LogP contribution in [0.2, 0.25) is 0 Å². The van der Waals surface area contributed by atoms with Gasteiger partial charge in [0, 0.05) is 17.0 Å². The molecule has 0 saturated carbocycles. The lowest BCUT2D eigenvalue weighted by atomic mass is 10.0. The summed E-state index contributed by atoms with van der Waals surface area (Å²) in [6.45, 7) is 12.2. The van der Waals surface area contributed by atoms with Crippen LogP contribution < -0.4 is 5.32 Å². The van der Waals surface area contributed by atoms with Gasteiger partial charge in [-0.25, -0.2) is 0 Å². The second-order valence-corrected chi connectivity index (χ2v) is 6.48. The van der Waals surface area contributed by atoms with Crippen LogP contribution in [0.1, 0.15) is 49.9 Å². The summed E-state index contributed by atoms with van der Waals surface area (Å²) in [7, 11) is 0. The molecule has 0 fully saturated rings. The molecule has 0 aliphatic carbocycles. The predicted octanol–water partition coefficient (Wildman–Crippen LogP) is 4.49. The summed E-state index contributed by atoms with van der Waals surface area (Å²) in [6, 6.07) is 7.32. The van der Waals surface area contributed by atoms with Crippen molar-refractivity contribution in [3.8, 4) is 0 Å². The van der Waals surface area contributed by atoms with Crippen LogP contribution in [0.15, 0.2) is 18.2 Å². The van der Waals surface area contributed by atoms with E-state index in [9.17, 15) is 0 Å². The standard InChI is InChI=1S/C16H27NS/c1-6-14(5)18-11-16(17-7-2)15-9-8-12(3)13(4)10-15/h8-10,14,16-17H,6-7,11H2,1-5H3. The van der Waals surface area contributed by atoms with Crippen LogP contribution in [0.25, 0.3) is 0 Å². The number of rotatable bonds is 7. The van der Waals surface area contributed by atoms with Crippen molar-refractivity contribution in [2.24, 2.45) is 0 Å². The second-order valence-electron chi connectivity index (χ2n) is 5.01. The Bertz CT molecular complexity index is 362. The zero-order chi connectivity index (χ0) is 13.5. The van der Waals surface area contributed by atoms with Gasteiger partial charge >= 0.3 is 0 Å². The number of hydrogen-bond acceptors (Lipinski definition) is 2. The summed E-state index contributed by atoms with van der Waals surface area (Å²) >= 11 is 2.07. The van der Waals surface area contributed by atoms with Crippen molar-refractivity contribution in [2.45, 2.75) is 52.3 Å². The van der Waals surface area contributed by atoms with Crippen molar-refractivity contribution in [3.05, 3.63) is 34.9 Å². The summed E-state index contributed by atoms with van der Waals surface area (Å²) < 4.78 is 0. The van der Waals surface area contributed by atoms with Crippen LogP contribution in [0.3, 0.4) is 0 Å². The lowest BCUT2D eigenvalue weighted by Crippen LogP contribution is -2.23. The molecule has 1 N–H and O–H groups in total. The number of nitrogens with one attached hydrogen (secondary N) is 1. The molecule has 0 radical (unpaired) electrons. The van der Waals surface area contributed by atoms with Crippen LogP contribution in [0.5, 0.6) is 0 Å². The Morgan fingerprint density at radius 1 is 1.17 bits per heavy atom. The Morgan fingerprint density at radius 2 is 1.89 bits per heavy atom. The Balaban J connectivity index is 2.73. The Hall–Kier alpha value is -0.470. The monoisotopic (exact) mass is 265 g/mol. The van der Waals surface area contributed by atoms with Crippen LogP contribution in [-0.2, 0) is 0 Å². The molecule has 0 bridgehead atoms. The minimum Gasteiger partial charge on any atom is -0.310 e. The summed E-state index contributed by atoms with van der Waals surface area (Å²) in [5.74, 6) is 1.16. The van der Waals surface area contributed by atoms with Crippen LogP contribution in [0, 0.1) is 13.8 Å². The highest BCUT2D eigenvalue weighted by atomic mass is 32.2. The molecule has 1 aromatic carbocycles. The summed E-state index contributed by atoms with van der Waals surface area (Å²) in [5.41, 5.74) is 4.20. The SMILES string of the molecule is CCNC(CSC(C)CC)c1ccc(C)c(C)c1. The highest BCUT2D eigenvalue weighted by Crippen LogP contribution is 2.24. The fourth-order valence-electron chi connectivity index (χ4n) is 1.88. The zero-order valence-electron chi connectivity index (χ0n) is 12.4. The fraction of sp³-hybridized carbons (Fsp3) is 0.625. The van der Waals surface area contributed by atoms with Crippen molar-refractivity contribution in [3.63, 3.8) is 0 Å². The van der Waals surface area contributed by atoms with Gasteiger partial charge in [0.1, 0.15) is 0 Å². The number of hydrogen-bond donors (Lipinski definition) is 1. The van der Waals surface area contributed by atoms with Crippen molar-refractivity contribution >= 4 is 11.8 Å². The maximum absolute atomic E-state index is 3.60. The van der Waals surface area contributed by atoms with E-state index in [1.54, 1.807) is 0 Å². The third kappa shape index (κ3) is 4.66. The van der Waals surface area contributed by atoms with Gasteiger partial charge in [0.15, 0.2) is 0 Å². The topological polar surface area (TPSA) is 12.0 Å². The minimum absolute atomic E-state index is 0.480. The highest BCUT2D eigenvalue weighted by molar-refractivity contribution is 7.99. The highest BCUT2D eigenvalue weighted by Gasteiger charge is 2.12. The molecule has 18 heavy (non-hydrogen) atoms. The molecule has 0 amide bonds. The largest absolute Gasteiger partial charge is 0.310 e. The fourth-order valence-corrected chi connectivity index (χ4v) is 2.95. The van der Waals surface area contributed by atoms with Gasteiger partial charge in [-0.1, -0.05) is 39.0 Å². The number of aryl methyl sites for hydroxylation is 2. The molecule has 0 aliphatic heterocycles. The Morgan fingerprint density at radius 3 is 2.44 bits per heavy atom. The van der Waals surface area contributed by atoms with Crippen LogP contribution in [0.4, 0.5) is 0 Å². The van der Waals surface area contributed by atoms with Gasteiger partial charge in [0.05, 0.1) is 0 Å². The maximum Gasteiger partial charge on any atom is 0.0411 e. The van der Waals surface area contributed by atoms with Gasteiger partial charge in [-0.2, -0.15) is 11.8 Å². The van der Waals surface area contributed by atoms with Crippen LogP contribution >= 0.6 is 11.8 Å². The Labute approximate surface area is 117 Å². The minimum atomic E-state index is 0.480. The molecule has 2 atom stereocenters. The van der Waals surface area contributed by atoms with E-state index in [0.29, 0.717) is 6.04 Å². The van der Waals surface area contributed by atoms with E-state index in [0.717, 1.165) is 17.5 Å². The molecule has 102 valence electrons. The third-order valence-electron chi connectivity index (χ3n) is 3.51. The first kappa shape index (κ1) is 15.6. The Kier molecular flexibility index (Phi) is 6.80. The molecule has 0 spiro atoms. The van der Waals surface area contributed by atoms with Crippen molar-refractivity contribution < 1.29 is 0 Å². The summed E-state index contributed by atoms with van der Waals surface area (Å²) in [4.78, 5) is 0. The van der Waals surface area contributed by atoms with E-state index >= 15 is 0 Å². The summed E-state index contributed by atoms with van der Waals surface area (Å²) in [6.07, 6.45) is 1.25.